The van der Waals surface area contributed by atoms with Crippen LogP contribution in [0.2, 0.25) is 0 Å². The first-order valence-electron chi connectivity index (χ1n) is 10.1. The molecule has 2 nitrogen and oxygen atoms in total. The minimum atomic E-state index is 0.490. The van der Waals surface area contributed by atoms with Gasteiger partial charge in [0.2, 0.25) is 0 Å². The lowest BCUT2D eigenvalue weighted by atomic mass is 10.0. The number of aryl methyl sites for hydroxylation is 1. The number of thioether (sulfide) groups is 2. The molecule has 0 N–H and O–H groups in total. The predicted octanol–water partition coefficient (Wildman–Crippen LogP) is 6.76. The average molecular weight is 369 g/mol. The number of unbranched alkanes of at least 4 members (excludes halogenated alkanes) is 9. The maximum absolute atomic E-state index is 4.17. The van der Waals surface area contributed by atoms with E-state index in [2.05, 4.69) is 46.2 Å². The molecule has 0 radical (unpaired) electrons. The Kier molecular flexibility index (Phi) is 10.4. The van der Waals surface area contributed by atoms with Crippen molar-refractivity contribution in [2.24, 2.45) is 0 Å². The standard InChI is InChI=1S/C20H36N2S2/c1-2-3-4-5-6-7-8-9-10-11-12-20(23-17-18-24-20)13-15-22-16-14-21-19-22/h14,16,19H,2-13,15,17-18H2,1H3. The monoisotopic (exact) mass is 368 g/mol. The summed E-state index contributed by atoms with van der Waals surface area (Å²) in [4.78, 5) is 4.17. The van der Waals surface area contributed by atoms with E-state index in [9.17, 15) is 0 Å². The third-order valence-corrected chi connectivity index (χ3v) is 8.69. The van der Waals surface area contributed by atoms with Crippen LogP contribution in [0.4, 0.5) is 0 Å². The summed E-state index contributed by atoms with van der Waals surface area (Å²) in [5.74, 6) is 2.68. The van der Waals surface area contributed by atoms with E-state index < -0.39 is 0 Å². The van der Waals surface area contributed by atoms with Crippen molar-refractivity contribution >= 4 is 23.5 Å². The summed E-state index contributed by atoms with van der Waals surface area (Å²) in [6.07, 6.45) is 23.0. The predicted molar refractivity (Wildman–Crippen MR) is 111 cm³/mol. The molecule has 2 rings (SSSR count). The highest BCUT2D eigenvalue weighted by atomic mass is 32.2. The lowest BCUT2D eigenvalue weighted by Crippen LogP contribution is -2.19. The number of rotatable bonds is 14. The summed E-state index contributed by atoms with van der Waals surface area (Å²) in [7, 11) is 0. The van der Waals surface area contributed by atoms with Crippen molar-refractivity contribution in [3.05, 3.63) is 18.7 Å². The molecule has 0 saturated carbocycles. The van der Waals surface area contributed by atoms with Crippen molar-refractivity contribution in [2.45, 2.75) is 94.6 Å². The molecule has 1 fully saturated rings. The van der Waals surface area contributed by atoms with Gasteiger partial charge in [-0.1, -0.05) is 71.1 Å². The Morgan fingerprint density at radius 1 is 0.875 bits per heavy atom. The van der Waals surface area contributed by atoms with Gasteiger partial charge in [0.25, 0.3) is 0 Å². The van der Waals surface area contributed by atoms with Gasteiger partial charge in [0.15, 0.2) is 0 Å². The number of hydrogen-bond donors (Lipinski definition) is 0. The summed E-state index contributed by atoms with van der Waals surface area (Å²) in [6, 6.07) is 0. The molecule has 1 aliphatic rings. The van der Waals surface area contributed by atoms with Crippen LogP contribution in [-0.2, 0) is 6.54 Å². The molecule has 1 aliphatic heterocycles. The molecule has 24 heavy (non-hydrogen) atoms. The third-order valence-electron chi connectivity index (χ3n) is 5.03. The normalized spacial score (nSPS) is 16.7. The van der Waals surface area contributed by atoms with Crippen LogP contribution in [0, 0.1) is 0 Å². The number of aromatic nitrogens is 2. The van der Waals surface area contributed by atoms with Crippen LogP contribution in [-0.4, -0.2) is 25.1 Å². The van der Waals surface area contributed by atoms with E-state index in [1.54, 1.807) is 0 Å². The molecule has 0 spiro atoms. The van der Waals surface area contributed by atoms with Crippen LogP contribution in [0.25, 0.3) is 0 Å². The zero-order valence-corrected chi connectivity index (χ0v) is 17.2. The molecular formula is C20H36N2S2. The third kappa shape index (κ3) is 7.86. The summed E-state index contributed by atoms with van der Waals surface area (Å²) < 4.78 is 2.73. The Morgan fingerprint density at radius 3 is 2.08 bits per heavy atom. The molecule has 1 aromatic rings. The molecule has 4 heteroatoms. The van der Waals surface area contributed by atoms with Crippen LogP contribution in [0.1, 0.15) is 84.0 Å². The van der Waals surface area contributed by atoms with Crippen LogP contribution >= 0.6 is 23.5 Å². The summed E-state index contributed by atoms with van der Waals surface area (Å²) in [5, 5.41) is 0. The Labute approximate surface area is 158 Å². The highest BCUT2D eigenvalue weighted by Crippen LogP contribution is 2.50. The fraction of sp³-hybridized carbons (Fsp3) is 0.850. The van der Waals surface area contributed by atoms with Gasteiger partial charge in [-0.15, -0.1) is 23.5 Å². The molecular weight excluding hydrogens is 332 g/mol. The first-order valence-corrected chi connectivity index (χ1v) is 12.1. The molecule has 0 aliphatic carbocycles. The highest BCUT2D eigenvalue weighted by Gasteiger charge is 2.34. The lowest BCUT2D eigenvalue weighted by Gasteiger charge is -2.27. The quantitative estimate of drug-likeness (QED) is 0.338. The number of imidazole rings is 1. The molecule has 0 amide bonds. The van der Waals surface area contributed by atoms with Crippen molar-refractivity contribution in [3.8, 4) is 0 Å². The van der Waals surface area contributed by atoms with E-state index in [1.165, 1.54) is 88.6 Å². The van der Waals surface area contributed by atoms with Gasteiger partial charge in [-0.25, -0.2) is 4.98 Å². The Balaban J connectivity index is 1.52. The average Bonchev–Trinajstić information content (AvgIpc) is 3.27. The van der Waals surface area contributed by atoms with Crippen molar-refractivity contribution in [1.29, 1.82) is 0 Å². The molecule has 1 aromatic heterocycles. The van der Waals surface area contributed by atoms with E-state index in [1.807, 2.05) is 12.5 Å². The second kappa shape index (κ2) is 12.3. The summed E-state index contributed by atoms with van der Waals surface area (Å²) in [5.41, 5.74) is 0. The van der Waals surface area contributed by atoms with Crippen LogP contribution in [0.5, 0.6) is 0 Å². The zero-order valence-electron chi connectivity index (χ0n) is 15.5. The molecule has 2 heterocycles. The van der Waals surface area contributed by atoms with Gasteiger partial charge < -0.3 is 4.57 Å². The van der Waals surface area contributed by atoms with Crippen molar-refractivity contribution in [2.75, 3.05) is 11.5 Å². The topological polar surface area (TPSA) is 17.8 Å². The molecule has 1 saturated heterocycles. The number of nitrogens with zero attached hydrogens (tertiary/aromatic N) is 2. The van der Waals surface area contributed by atoms with E-state index in [0.717, 1.165) is 6.54 Å². The SMILES string of the molecule is CCCCCCCCCCCCC1(CCn2ccnc2)SCCS1. The van der Waals surface area contributed by atoms with Crippen molar-refractivity contribution < 1.29 is 0 Å². The smallest absolute Gasteiger partial charge is 0.0945 e. The van der Waals surface area contributed by atoms with Gasteiger partial charge in [0, 0.05) is 30.4 Å². The van der Waals surface area contributed by atoms with E-state index >= 15 is 0 Å². The Bertz CT molecular complexity index is 400. The van der Waals surface area contributed by atoms with E-state index in [0.29, 0.717) is 4.08 Å². The summed E-state index contributed by atoms with van der Waals surface area (Å²) >= 11 is 4.44. The minimum Gasteiger partial charge on any atom is -0.337 e. The van der Waals surface area contributed by atoms with Crippen molar-refractivity contribution in [1.82, 2.24) is 9.55 Å². The maximum atomic E-state index is 4.17. The molecule has 0 unspecified atom stereocenters. The van der Waals surface area contributed by atoms with Gasteiger partial charge in [-0.05, 0) is 12.8 Å². The first kappa shape index (κ1) is 20.2. The molecule has 138 valence electrons. The summed E-state index contributed by atoms with van der Waals surface area (Å²) in [6.45, 7) is 3.42. The second-order valence-corrected chi connectivity index (χ2v) is 10.3. The maximum Gasteiger partial charge on any atom is 0.0945 e. The van der Waals surface area contributed by atoms with Gasteiger partial charge in [-0.3, -0.25) is 0 Å². The Morgan fingerprint density at radius 2 is 1.50 bits per heavy atom. The lowest BCUT2D eigenvalue weighted by molar-refractivity contribution is 0.519. The van der Waals surface area contributed by atoms with Gasteiger partial charge in [0.05, 0.1) is 10.4 Å². The second-order valence-electron chi connectivity index (χ2n) is 7.09. The largest absolute Gasteiger partial charge is 0.337 e. The van der Waals surface area contributed by atoms with Crippen LogP contribution in [0.15, 0.2) is 18.7 Å². The van der Waals surface area contributed by atoms with E-state index in [-0.39, 0.29) is 0 Å². The fourth-order valence-corrected chi connectivity index (χ4v) is 6.80. The van der Waals surface area contributed by atoms with Gasteiger partial charge >= 0.3 is 0 Å². The minimum absolute atomic E-state index is 0.490. The van der Waals surface area contributed by atoms with Crippen LogP contribution in [0.3, 0.4) is 0 Å². The first-order chi connectivity index (χ1) is 11.8. The molecule has 0 bridgehead atoms. The zero-order chi connectivity index (χ0) is 16.9. The van der Waals surface area contributed by atoms with Gasteiger partial charge in [-0.2, -0.15) is 0 Å². The fourth-order valence-electron chi connectivity index (χ4n) is 3.51. The van der Waals surface area contributed by atoms with Crippen LogP contribution < -0.4 is 0 Å². The van der Waals surface area contributed by atoms with Crippen molar-refractivity contribution in [3.63, 3.8) is 0 Å². The Hall–Kier alpha value is -0.0900. The number of hydrogen-bond acceptors (Lipinski definition) is 3. The van der Waals surface area contributed by atoms with E-state index in [4.69, 9.17) is 0 Å². The molecule has 0 atom stereocenters. The molecule has 0 aromatic carbocycles. The van der Waals surface area contributed by atoms with Gasteiger partial charge in [0.1, 0.15) is 0 Å². The highest BCUT2D eigenvalue weighted by molar-refractivity contribution is 8.21.